The van der Waals surface area contributed by atoms with Crippen molar-refractivity contribution in [3.63, 3.8) is 0 Å². The molecule has 1 unspecified atom stereocenters. The van der Waals surface area contributed by atoms with Crippen molar-refractivity contribution in [1.29, 1.82) is 0 Å². The van der Waals surface area contributed by atoms with E-state index in [4.69, 9.17) is 9.47 Å². The van der Waals surface area contributed by atoms with Crippen molar-refractivity contribution >= 4 is 21.7 Å². The molecule has 2 heterocycles. The number of carbonyl (C=O) groups excluding carboxylic acids is 1. The zero-order valence-corrected chi connectivity index (χ0v) is 11.8. The monoisotopic (exact) mass is 322 g/mol. The van der Waals surface area contributed by atoms with Crippen molar-refractivity contribution in [2.75, 3.05) is 13.7 Å². The van der Waals surface area contributed by atoms with Crippen LogP contribution in [0.5, 0.6) is 11.5 Å². The first-order valence-corrected chi connectivity index (χ1v) is 6.52. The van der Waals surface area contributed by atoms with Crippen molar-refractivity contribution < 1.29 is 14.3 Å². The van der Waals surface area contributed by atoms with E-state index in [-0.39, 0.29) is 11.8 Å². The van der Waals surface area contributed by atoms with Gasteiger partial charge in [0.15, 0.2) is 5.78 Å². The average Bonchev–Trinajstić information content (AvgIpc) is 2.93. The van der Waals surface area contributed by atoms with Crippen LogP contribution in [0.1, 0.15) is 16.4 Å². The van der Waals surface area contributed by atoms with E-state index < -0.39 is 0 Å². The van der Waals surface area contributed by atoms with E-state index in [1.165, 1.54) is 0 Å². The van der Waals surface area contributed by atoms with Gasteiger partial charge in [-0.3, -0.25) is 4.79 Å². The van der Waals surface area contributed by atoms with Crippen LogP contribution < -0.4 is 9.47 Å². The minimum atomic E-state index is -0.381. The van der Waals surface area contributed by atoms with Crippen LogP contribution in [0.25, 0.3) is 0 Å². The maximum Gasteiger partial charge on any atom is 0.193 e. The van der Waals surface area contributed by atoms with E-state index in [9.17, 15) is 4.79 Å². The molecule has 2 aromatic rings. The number of Topliss-reactive ketones (excluding diaryl/α,β-unsaturated/α-hetero) is 1. The molecule has 5 nitrogen and oxygen atoms in total. The second kappa shape index (κ2) is 4.70. The predicted molar refractivity (Wildman–Crippen MR) is 71.8 cm³/mol. The number of nitrogens with zero attached hydrogens (tertiary/aromatic N) is 2. The van der Waals surface area contributed by atoms with E-state index in [2.05, 4.69) is 20.9 Å². The van der Waals surface area contributed by atoms with Gasteiger partial charge >= 0.3 is 0 Å². The highest BCUT2D eigenvalue weighted by Crippen LogP contribution is 2.38. The van der Waals surface area contributed by atoms with Crippen LogP contribution in [0.15, 0.2) is 35.3 Å². The first-order chi connectivity index (χ1) is 9.20. The Bertz CT molecular complexity index is 625. The molecule has 1 aliphatic rings. The van der Waals surface area contributed by atoms with Gasteiger partial charge in [-0.15, -0.1) is 0 Å². The quantitative estimate of drug-likeness (QED) is 0.852. The Morgan fingerprint density at radius 1 is 1.53 bits per heavy atom. The van der Waals surface area contributed by atoms with Crippen LogP contribution in [0.3, 0.4) is 0 Å². The van der Waals surface area contributed by atoms with Gasteiger partial charge in [-0.05, 0) is 28.1 Å². The van der Waals surface area contributed by atoms with Crippen LogP contribution in [-0.2, 0) is 0 Å². The average molecular weight is 323 g/mol. The highest BCUT2D eigenvalue weighted by Gasteiger charge is 2.31. The van der Waals surface area contributed by atoms with Gasteiger partial charge in [-0.2, -0.15) is 0 Å². The number of hydrogen-bond acceptors (Lipinski definition) is 4. The summed E-state index contributed by atoms with van der Waals surface area (Å²) in [6.45, 7) is 0.299. The molecule has 0 saturated carbocycles. The Hall–Kier alpha value is -1.82. The summed E-state index contributed by atoms with van der Waals surface area (Å²) in [6.07, 6.45) is 5.02. The minimum absolute atomic E-state index is 0.00106. The third-order valence-electron chi connectivity index (χ3n) is 3.09. The lowest BCUT2D eigenvalue weighted by Gasteiger charge is -2.26. The summed E-state index contributed by atoms with van der Waals surface area (Å²) in [7, 11) is 1.57. The number of imidazole rings is 1. The van der Waals surface area contributed by atoms with Crippen molar-refractivity contribution in [2.45, 2.75) is 6.04 Å². The maximum atomic E-state index is 12.5. The molecule has 0 radical (unpaired) electrons. The topological polar surface area (TPSA) is 53.4 Å². The first-order valence-electron chi connectivity index (χ1n) is 5.72. The minimum Gasteiger partial charge on any atom is -0.497 e. The standard InChI is InChI=1S/C13H11BrN2O3/c1-18-8-4-9-12(17)11(16-3-2-15-7-16)6-19-13(9)10(14)5-8/h2-5,7,11H,6H2,1H3. The molecule has 1 atom stereocenters. The SMILES string of the molecule is COc1cc(Br)c2c(c1)C(=O)C(n1ccnc1)CO2. The molecule has 3 rings (SSSR count). The Labute approximate surface area is 118 Å². The molecular weight excluding hydrogens is 312 g/mol. The van der Waals surface area contributed by atoms with E-state index in [1.54, 1.807) is 42.5 Å². The van der Waals surface area contributed by atoms with Gasteiger partial charge in [0.1, 0.15) is 24.1 Å². The maximum absolute atomic E-state index is 12.5. The van der Waals surface area contributed by atoms with Crippen molar-refractivity contribution in [1.82, 2.24) is 9.55 Å². The summed E-state index contributed by atoms with van der Waals surface area (Å²) in [5.41, 5.74) is 0.524. The molecule has 6 heteroatoms. The summed E-state index contributed by atoms with van der Waals surface area (Å²) >= 11 is 3.39. The number of ether oxygens (including phenoxy) is 2. The van der Waals surface area contributed by atoms with E-state index in [0.717, 1.165) is 4.47 Å². The number of fused-ring (bicyclic) bond motifs is 1. The number of ketones is 1. The second-order valence-electron chi connectivity index (χ2n) is 4.19. The van der Waals surface area contributed by atoms with E-state index in [0.29, 0.717) is 23.7 Å². The number of carbonyl (C=O) groups is 1. The summed E-state index contributed by atoms with van der Waals surface area (Å²) in [5.74, 6) is 1.19. The molecule has 1 aromatic heterocycles. The molecule has 19 heavy (non-hydrogen) atoms. The zero-order chi connectivity index (χ0) is 13.4. The molecular formula is C13H11BrN2O3. The fourth-order valence-corrected chi connectivity index (χ4v) is 2.66. The number of benzene rings is 1. The van der Waals surface area contributed by atoms with Crippen LogP contribution in [0, 0.1) is 0 Å². The number of aromatic nitrogens is 2. The molecule has 0 N–H and O–H groups in total. The van der Waals surface area contributed by atoms with Gasteiger partial charge in [-0.25, -0.2) is 4.98 Å². The molecule has 0 fully saturated rings. The first kappa shape index (κ1) is 12.2. The van der Waals surface area contributed by atoms with Crippen LogP contribution in [0.4, 0.5) is 0 Å². The lowest BCUT2D eigenvalue weighted by molar-refractivity contribution is 0.0839. The third-order valence-corrected chi connectivity index (χ3v) is 3.68. The second-order valence-corrected chi connectivity index (χ2v) is 5.04. The van der Waals surface area contributed by atoms with E-state index >= 15 is 0 Å². The van der Waals surface area contributed by atoms with Crippen molar-refractivity contribution in [3.8, 4) is 11.5 Å². The number of rotatable bonds is 2. The summed E-state index contributed by atoms with van der Waals surface area (Å²) < 4.78 is 13.3. The molecule has 0 bridgehead atoms. The van der Waals surface area contributed by atoms with Crippen LogP contribution in [0.2, 0.25) is 0 Å². The highest BCUT2D eigenvalue weighted by molar-refractivity contribution is 9.10. The molecule has 1 aliphatic heterocycles. The molecule has 1 aromatic carbocycles. The zero-order valence-electron chi connectivity index (χ0n) is 10.2. The van der Waals surface area contributed by atoms with Gasteiger partial charge in [0.05, 0.1) is 23.5 Å². The fraction of sp³-hybridized carbons (Fsp3) is 0.231. The Balaban J connectivity index is 2.05. The lowest BCUT2D eigenvalue weighted by Crippen LogP contribution is -2.30. The smallest absolute Gasteiger partial charge is 0.193 e. The lowest BCUT2D eigenvalue weighted by atomic mass is 10.0. The Morgan fingerprint density at radius 2 is 2.37 bits per heavy atom. The van der Waals surface area contributed by atoms with Crippen LogP contribution >= 0.6 is 15.9 Å². The molecule has 98 valence electrons. The summed E-state index contributed by atoms with van der Waals surface area (Å²) in [5, 5.41) is 0. The number of halogens is 1. The van der Waals surface area contributed by atoms with E-state index in [1.807, 2.05) is 0 Å². The number of hydrogen-bond donors (Lipinski definition) is 0. The Morgan fingerprint density at radius 3 is 3.05 bits per heavy atom. The van der Waals surface area contributed by atoms with Gasteiger partial charge in [0.2, 0.25) is 0 Å². The molecule has 0 amide bonds. The van der Waals surface area contributed by atoms with Crippen molar-refractivity contribution in [3.05, 3.63) is 40.9 Å². The van der Waals surface area contributed by atoms with Gasteiger partial charge in [0.25, 0.3) is 0 Å². The Kier molecular flexibility index (Phi) is 3.02. The van der Waals surface area contributed by atoms with Crippen molar-refractivity contribution in [2.24, 2.45) is 0 Å². The molecule has 0 saturated heterocycles. The predicted octanol–water partition coefficient (Wildman–Crippen LogP) is 2.47. The number of methoxy groups -OCH3 is 1. The summed E-state index contributed by atoms with van der Waals surface area (Å²) in [4.78, 5) is 16.5. The van der Waals surface area contributed by atoms with Gasteiger partial charge in [0, 0.05) is 12.4 Å². The third kappa shape index (κ3) is 2.02. The van der Waals surface area contributed by atoms with Gasteiger partial charge < -0.3 is 14.0 Å². The molecule has 0 spiro atoms. The summed E-state index contributed by atoms with van der Waals surface area (Å²) in [6, 6.07) is 3.10. The van der Waals surface area contributed by atoms with Gasteiger partial charge in [-0.1, -0.05) is 0 Å². The highest BCUT2D eigenvalue weighted by atomic mass is 79.9. The fourth-order valence-electron chi connectivity index (χ4n) is 2.11. The normalized spacial score (nSPS) is 17.8. The molecule has 0 aliphatic carbocycles. The van der Waals surface area contributed by atoms with Crippen LogP contribution in [-0.4, -0.2) is 29.1 Å². The largest absolute Gasteiger partial charge is 0.497 e.